The second-order valence-corrected chi connectivity index (χ2v) is 7.40. The second kappa shape index (κ2) is 7.06. The number of benzene rings is 2. The molecule has 0 radical (unpaired) electrons. The number of sulfonamides is 1. The van der Waals surface area contributed by atoms with Crippen molar-refractivity contribution in [3.8, 4) is 5.75 Å². The molecule has 0 fully saturated rings. The summed E-state index contributed by atoms with van der Waals surface area (Å²) in [5.41, 5.74) is 0. The lowest BCUT2D eigenvalue weighted by atomic mass is 10.3. The van der Waals surface area contributed by atoms with E-state index in [1.54, 1.807) is 37.4 Å². The maximum absolute atomic E-state index is 12.3. The van der Waals surface area contributed by atoms with Gasteiger partial charge in [0.25, 0.3) is 0 Å². The fraction of sp³-hybridized carbons (Fsp3) is 0.200. The van der Waals surface area contributed by atoms with Crippen LogP contribution in [0, 0.1) is 0 Å². The average Bonchev–Trinajstić information content (AvgIpc) is 2.50. The van der Waals surface area contributed by atoms with Crippen molar-refractivity contribution in [2.24, 2.45) is 0 Å². The number of ether oxygens (including phenoxy) is 1. The lowest BCUT2D eigenvalue weighted by Crippen LogP contribution is -2.30. The average molecular weight is 370 g/mol. The monoisotopic (exact) mass is 369 g/mol. The SMILES string of the molecule is CN(CCOc1ccc(Br)cc1)S(=O)(=O)c1ccccc1. The van der Waals surface area contributed by atoms with E-state index in [-0.39, 0.29) is 11.4 Å². The maximum Gasteiger partial charge on any atom is 0.242 e. The topological polar surface area (TPSA) is 46.6 Å². The Kier molecular flexibility index (Phi) is 5.39. The number of halogens is 1. The molecule has 0 saturated heterocycles. The van der Waals surface area contributed by atoms with Crippen molar-refractivity contribution in [2.45, 2.75) is 4.90 Å². The molecule has 0 aromatic heterocycles. The third-order valence-corrected chi connectivity index (χ3v) is 5.34. The van der Waals surface area contributed by atoms with Gasteiger partial charge in [-0.2, -0.15) is 4.31 Å². The molecule has 21 heavy (non-hydrogen) atoms. The van der Waals surface area contributed by atoms with Crippen LogP contribution in [-0.4, -0.2) is 32.9 Å². The molecule has 0 atom stereocenters. The molecule has 0 spiro atoms. The summed E-state index contributed by atoms with van der Waals surface area (Å²) in [4.78, 5) is 0.288. The second-order valence-electron chi connectivity index (χ2n) is 4.44. The Bertz CT molecular complexity index is 672. The molecular weight excluding hydrogens is 354 g/mol. The summed E-state index contributed by atoms with van der Waals surface area (Å²) in [6.07, 6.45) is 0. The van der Waals surface area contributed by atoms with E-state index in [0.717, 1.165) is 4.47 Å². The zero-order valence-corrected chi connectivity index (χ0v) is 14.0. The van der Waals surface area contributed by atoms with Crippen LogP contribution in [0.2, 0.25) is 0 Å². The molecule has 0 bridgehead atoms. The highest BCUT2D eigenvalue weighted by molar-refractivity contribution is 9.10. The Labute approximate surface area is 133 Å². The van der Waals surface area contributed by atoms with Crippen molar-refractivity contribution in [1.29, 1.82) is 0 Å². The Hall–Kier alpha value is -1.37. The van der Waals surface area contributed by atoms with Gasteiger partial charge in [0.05, 0.1) is 4.90 Å². The van der Waals surface area contributed by atoms with Crippen LogP contribution in [0.4, 0.5) is 0 Å². The normalized spacial score (nSPS) is 11.6. The van der Waals surface area contributed by atoms with Gasteiger partial charge in [-0.15, -0.1) is 0 Å². The van der Waals surface area contributed by atoms with Crippen LogP contribution in [-0.2, 0) is 10.0 Å². The van der Waals surface area contributed by atoms with Crippen LogP contribution in [0.25, 0.3) is 0 Å². The minimum Gasteiger partial charge on any atom is -0.492 e. The molecule has 0 aliphatic carbocycles. The fourth-order valence-corrected chi connectivity index (χ4v) is 3.16. The van der Waals surface area contributed by atoms with Crippen molar-refractivity contribution in [1.82, 2.24) is 4.31 Å². The van der Waals surface area contributed by atoms with Crippen molar-refractivity contribution >= 4 is 26.0 Å². The number of hydrogen-bond acceptors (Lipinski definition) is 3. The summed E-state index contributed by atoms with van der Waals surface area (Å²) >= 11 is 3.35. The van der Waals surface area contributed by atoms with Gasteiger partial charge in [0.15, 0.2) is 0 Å². The van der Waals surface area contributed by atoms with Gasteiger partial charge in [-0.3, -0.25) is 0 Å². The summed E-state index contributed by atoms with van der Waals surface area (Å²) in [7, 11) is -1.91. The third-order valence-electron chi connectivity index (χ3n) is 2.94. The Balaban J connectivity index is 1.92. The predicted octanol–water partition coefficient (Wildman–Crippen LogP) is 3.15. The zero-order chi connectivity index (χ0) is 15.3. The van der Waals surface area contributed by atoms with Crippen molar-refractivity contribution in [3.63, 3.8) is 0 Å². The molecule has 2 rings (SSSR count). The molecule has 0 unspecified atom stereocenters. The number of nitrogens with zero attached hydrogens (tertiary/aromatic N) is 1. The van der Waals surface area contributed by atoms with E-state index in [1.165, 1.54) is 4.31 Å². The van der Waals surface area contributed by atoms with Gasteiger partial charge in [0.1, 0.15) is 12.4 Å². The van der Waals surface area contributed by atoms with Gasteiger partial charge in [0, 0.05) is 18.1 Å². The smallest absolute Gasteiger partial charge is 0.242 e. The van der Waals surface area contributed by atoms with E-state index in [0.29, 0.717) is 12.4 Å². The molecule has 112 valence electrons. The molecule has 6 heteroatoms. The summed E-state index contributed by atoms with van der Waals surface area (Å²) < 4.78 is 32.4. The highest BCUT2D eigenvalue weighted by Gasteiger charge is 2.19. The maximum atomic E-state index is 12.3. The minimum absolute atomic E-state index is 0.285. The van der Waals surface area contributed by atoms with Gasteiger partial charge in [-0.05, 0) is 36.4 Å². The van der Waals surface area contributed by atoms with Crippen LogP contribution < -0.4 is 4.74 Å². The largest absolute Gasteiger partial charge is 0.492 e. The van der Waals surface area contributed by atoms with Gasteiger partial charge in [0.2, 0.25) is 10.0 Å². The standard InChI is InChI=1S/C15H16BrNO3S/c1-17(21(18,19)15-5-3-2-4-6-15)11-12-20-14-9-7-13(16)8-10-14/h2-10H,11-12H2,1H3. The highest BCUT2D eigenvalue weighted by atomic mass is 79.9. The summed E-state index contributed by atoms with van der Waals surface area (Å²) in [5.74, 6) is 0.712. The van der Waals surface area contributed by atoms with E-state index < -0.39 is 10.0 Å². The first-order valence-corrected chi connectivity index (χ1v) is 8.63. The molecule has 0 aliphatic heterocycles. The van der Waals surface area contributed by atoms with Gasteiger partial charge in [-0.25, -0.2) is 8.42 Å². The molecular formula is C15H16BrNO3S. The fourth-order valence-electron chi connectivity index (χ4n) is 1.72. The van der Waals surface area contributed by atoms with Crippen molar-refractivity contribution in [2.75, 3.05) is 20.2 Å². The van der Waals surface area contributed by atoms with Crippen molar-refractivity contribution < 1.29 is 13.2 Å². The van der Waals surface area contributed by atoms with Crippen LogP contribution >= 0.6 is 15.9 Å². The summed E-state index contributed by atoms with van der Waals surface area (Å²) in [6, 6.07) is 15.8. The summed E-state index contributed by atoms with van der Waals surface area (Å²) in [5, 5.41) is 0. The number of likely N-dealkylation sites (N-methyl/N-ethyl adjacent to an activating group) is 1. The molecule has 0 N–H and O–H groups in total. The molecule has 0 amide bonds. The molecule has 0 saturated carbocycles. The molecule has 2 aromatic carbocycles. The molecule has 0 heterocycles. The lowest BCUT2D eigenvalue weighted by Gasteiger charge is -2.17. The van der Waals surface area contributed by atoms with E-state index in [1.807, 2.05) is 24.3 Å². The Morgan fingerprint density at radius 1 is 1.05 bits per heavy atom. The quantitative estimate of drug-likeness (QED) is 0.785. The van der Waals surface area contributed by atoms with Crippen molar-refractivity contribution in [3.05, 3.63) is 59.1 Å². The Morgan fingerprint density at radius 3 is 2.29 bits per heavy atom. The van der Waals surface area contributed by atoms with Gasteiger partial charge < -0.3 is 4.74 Å². The first-order chi connectivity index (χ1) is 10.00. The van der Waals surface area contributed by atoms with E-state index in [4.69, 9.17) is 4.74 Å². The van der Waals surface area contributed by atoms with Crippen LogP contribution in [0.3, 0.4) is 0 Å². The number of rotatable bonds is 6. The minimum atomic E-state index is -3.45. The first kappa shape index (κ1) is 16.0. The number of hydrogen-bond donors (Lipinski definition) is 0. The van der Waals surface area contributed by atoms with Gasteiger partial charge >= 0.3 is 0 Å². The van der Waals surface area contributed by atoms with E-state index >= 15 is 0 Å². The first-order valence-electron chi connectivity index (χ1n) is 6.40. The summed E-state index contributed by atoms with van der Waals surface area (Å²) in [6.45, 7) is 0.581. The highest BCUT2D eigenvalue weighted by Crippen LogP contribution is 2.17. The Morgan fingerprint density at radius 2 is 1.67 bits per heavy atom. The predicted molar refractivity (Wildman–Crippen MR) is 85.9 cm³/mol. The lowest BCUT2D eigenvalue weighted by molar-refractivity contribution is 0.287. The van der Waals surface area contributed by atoms with Gasteiger partial charge in [-0.1, -0.05) is 34.1 Å². The van der Waals surface area contributed by atoms with E-state index in [2.05, 4.69) is 15.9 Å². The van der Waals surface area contributed by atoms with Crippen LogP contribution in [0.5, 0.6) is 5.75 Å². The van der Waals surface area contributed by atoms with Crippen LogP contribution in [0.15, 0.2) is 64.0 Å². The van der Waals surface area contributed by atoms with Crippen LogP contribution in [0.1, 0.15) is 0 Å². The van der Waals surface area contributed by atoms with E-state index in [9.17, 15) is 8.42 Å². The third kappa shape index (κ3) is 4.30. The molecule has 4 nitrogen and oxygen atoms in total. The zero-order valence-electron chi connectivity index (χ0n) is 11.6. The molecule has 2 aromatic rings. The molecule has 0 aliphatic rings.